The number of amides is 1. The molecule has 0 radical (unpaired) electrons. The van der Waals surface area contributed by atoms with Gasteiger partial charge in [0.2, 0.25) is 5.91 Å². The third kappa shape index (κ3) is 2.08. The molecule has 0 aliphatic carbocycles. The summed E-state index contributed by atoms with van der Waals surface area (Å²) in [5, 5.41) is 9.48. The van der Waals surface area contributed by atoms with Crippen molar-refractivity contribution in [1.82, 2.24) is 9.80 Å². The summed E-state index contributed by atoms with van der Waals surface area (Å²) in [4.78, 5) is 27.3. The lowest BCUT2D eigenvalue weighted by atomic mass is 9.92. The van der Waals surface area contributed by atoms with Crippen LogP contribution in [0.25, 0.3) is 0 Å². The summed E-state index contributed by atoms with van der Waals surface area (Å²) in [6, 6.07) is 6.98. The van der Waals surface area contributed by atoms with E-state index in [-0.39, 0.29) is 11.9 Å². The quantitative estimate of drug-likeness (QED) is 0.863. The van der Waals surface area contributed by atoms with Gasteiger partial charge in [-0.3, -0.25) is 14.5 Å². The van der Waals surface area contributed by atoms with Gasteiger partial charge in [0.25, 0.3) is 0 Å². The van der Waals surface area contributed by atoms with Crippen LogP contribution in [-0.2, 0) is 22.6 Å². The minimum absolute atomic E-state index is 0.0376. The molecular weight excluding hydrogens is 256 g/mol. The highest BCUT2D eigenvalue weighted by atomic mass is 16.4. The molecule has 1 saturated heterocycles. The highest BCUT2D eigenvalue weighted by Crippen LogP contribution is 2.28. The number of aliphatic carboxylic acids is 1. The van der Waals surface area contributed by atoms with Crippen LogP contribution in [0.5, 0.6) is 0 Å². The van der Waals surface area contributed by atoms with E-state index in [4.69, 9.17) is 0 Å². The predicted octanol–water partition coefficient (Wildman–Crippen LogP) is 0.729. The van der Waals surface area contributed by atoms with E-state index in [1.54, 1.807) is 11.9 Å². The van der Waals surface area contributed by atoms with Gasteiger partial charge in [0.05, 0.1) is 6.04 Å². The molecule has 1 N–H and O–H groups in total. The van der Waals surface area contributed by atoms with E-state index in [0.717, 1.165) is 11.1 Å². The smallest absolute Gasteiger partial charge is 0.321 e. The van der Waals surface area contributed by atoms with Crippen molar-refractivity contribution >= 4 is 11.9 Å². The maximum atomic E-state index is 12.2. The molecule has 1 aromatic rings. The molecule has 2 unspecified atom stereocenters. The number of likely N-dealkylation sites (N-methyl/N-ethyl adjacent to an activating group) is 1. The van der Waals surface area contributed by atoms with Crippen LogP contribution in [0.15, 0.2) is 24.3 Å². The minimum Gasteiger partial charge on any atom is -0.480 e. The summed E-state index contributed by atoms with van der Waals surface area (Å²) in [7, 11) is 1.77. The second-order valence-electron chi connectivity index (χ2n) is 5.56. The molecule has 2 aliphatic rings. The van der Waals surface area contributed by atoms with Gasteiger partial charge < -0.3 is 10.0 Å². The predicted molar refractivity (Wildman–Crippen MR) is 73.2 cm³/mol. The van der Waals surface area contributed by atoms with Gasteiger partial charge in [0, 0.05) is 20.1 Å². The summed E-state index contributed by atoms with van der Waals surface area (Å²) < 4.78 is 0. The van der Waals surface area contributed by atoms with Crippen LogP contribution in [-0.4, -0.2) is 52.5 Å². The largest absolute Gasteiger partial charge is 0.480 e. The van der Waals surface area contributed by atoms with Crippen molar-refractivity contribution in [1.29, 1.82) is 0 Å². The van der Waals surface area contributed by atoms with E-state index in [2.05, 4.69) is 0 Å². The fraction of sp³-hybridized carbons (Fsp3) is 0.467. The molecule has 5 nitrogen and oxygen atoms in total. The molecule has 106 valence electrons. The maximum Gasteiger partial charge on any atom is 0.321 e. The van der Waals surface area contributed by atoms with Crippen molar-refractivity contribution < 1.29 is 14.7 Å². The Morgan fingerprint density at radius 3 is 2.60 bits per heavy atom. The fourth-order valence-electron chi connectivity index (χ4n) is 3.21. The molecule has 0 spiro atoms. The van der Waals surface area contributed by atoms with Gasteiger partial charge >= 0.3 is 5.97 Å². The summed E-state index contributed by atoms with van der Waals surface area (Å²) in [5.74, 6) is -0.808. The van der Waals surface area contributed by atoms with E-state index < -0.39 is 12.0 Å². The van der Waals surface area contributed by atoms with Crippen LogP contribution in [0, 0.1) is 0 Å². The average Bonchev–Trinajstić information content (AvgIpc) is 2.77. The topological polar surface area (TPSA) is 60.9 Å². The summed E-state index contributed by atoms with van der Waals surface area (Å²) >= 11 is 0. The van der Waals surface area contributed by atoms with E-state index in [1.807, 2.05) is 29.2 Å². The van der Waals surface area contributed by atoms with Gasteiger partial charge in [-0.05, 0) is 24.0 Å². The average molecular weight is 274 g/mol. The third-order valence-electron chi connectivity index (χ3n) is 4.37. The van der Waals surface area contributed by atoms with E-state index in [9.17, 15) is 14.7 Å². The molecule has 0 bridgehead atoms. The highest BCUT2D eigenvalue weighted by Gasteiger charge is 2.42. The number of rotatable bonds is 2. The first-order valence-corrected chi connectivity index (χ1v) is 6.88. The second-order valence-corrected chi connectivity index (χ2v) is 5.56. The number of nitrogens with zero attached hydrogens (tertiary/aromatic N) is 2. The molecule has 1 aromatic carbocycles. The van der Waals surface area contributed by atoms with Crippen LogP contribution >= 0.6 is 0 Å². The maximum absolute atomic E-state index is 12.2. The summed E-state index contributed by atoms with van der Waals surface area (Å²) in [6.07, 6.45) is 1.18. The van der Waals surface area contributed by atoms with Crippen molar-refractivity contribution in [2.45, 2.75) is 31.5 Å². The minimum atomic E-state index is -0.846. The summed E-state index contributed by atoms with van der Waals surface area (Å²) in [5.41, 5.74) is 2.21. The number of carbonyl (C=O) groups excluding carboxylic acids is 1. The van der Waals surface area contributed by atoms with Crippen LogP contribution in [0.1, 0.15) is 17.5 Å². The SMILES string of the molecule is CN1CCC(N2Cc3ccccc3CC2C(=O)O)C1=O. The van der Waals surface area contributed by atoms with Crippen molar-refractivity contribution in [3.8, 4) is 0 Å². The molecule has 1 amide bonds. The van der Waals surface area contributed by atoms with Gasteiger partial charge in [0.1, 0.15) is 6.04 Å². The lowest BCUT2D eigenvalue weighted by Gasteiger charge is -2.37. The fourth-order valence-corrected chi connectivity index (χ4v) is 3.21. The molecule has 2 aliphatic heterocycles. The van der Waals surface area contributed by atoms with E-state index in [1.165, 1.54) is 0 Å². The van der Waals surface area contributed by atoms with Gasteiger partial charge in [-0.2, -0.15) is 0 Å². The Morgan fingerprint density at radius 1 is 1.30 bits per heavy atom. The van der Waals surface area contributed by atoms with Crippen molar-refractivity contribution in [3.05, 3.63) is 35.4 Å². The lowest BCUT2D eigenvalue weighted by molar-refractivity contribution is -0.146. The number of carbonyl (C=O) groups is 2. The Morgan fingerprint density at radius 2 is 2.00 bits per heavy atom. The summed E-state index contributed by atoms with van der Waals surface area (Å²) in [6.45, 7) is 1.24. The Hall–Kier alpha value is -1.88. The molecule has 3 rings (SSSR count). The monoisotopic (exact) mass is 274 g/mol. The number of carboxylic acid groups (broad SMARTS) is 1. The standard InChI is InChI=1S/C15H18N2O3/c1-16-7-6-12(14(16)18)17-9-11-5-3-2-4-10(11)8-13(17)15(19)20/h2-5,12-13H,6-9H2,1H3,(H,19,20). The number of carboxylic acids is 1. The van der Waals surface area contributed by atoms with Crippen LogP contribution < -0.4 is 0 Å². The lowest BCUT2D eigenvalue weighted by Crippen LogP contribution is -2.52. The Labute approximate surface area is 117 Å². The normalized spacial score (nSPS) is 26.6. The molecule has 5 heteroatoms. The number of fused-ring (bicyclic) bond motifs is 1. The third-order valence-corrected chi connectivity index (χ3v) is 4.37. The van der Waals surface area contributed by atoms with Crippen molar-refractivity contribution in [2.75, 3.05) is 13.6 Å². The Balaban J connectivity index is 1.93. The molecule has 0 saturated carbocycles. The van der Waals surface area contributed by atoms with Crippen molar-refractivity contribution in [2.24, 2.45) is 0 Å². The zero-order valence-corrected chi connectivity index (χ0v) is 11.5. The van der Waals surface area contributed by atoms with Gasteiger partial charge in [-0.1, -0.05) is 24.3 Å². The zero-order chi connectivity index (χ0) is 14.3. The Bertz CT molecular complexity index is 558. The van der Waals surface area contributed by atoms with E-state index >= 15 is 0 Å². The highest BCUT2D eigenvalue weighted by molar-refractivity contribution is 5.85. The number of likely N-dealkylation sites (tertiary alicyclic amines) is 1. The number of hydrogen-bond acceptors (Lipinski definition) is 3. The second kappa shape index (κ2) is 4.90. The zero-order valence-electron chi connectivity index (χ0n) is 11.5. The molecule has 20 heavy (non-hydrogen) atoms. The van der Waals surface area contributed by atoms with Gasteiger partial charge in [0.15, 0.2) is 0 Å². The Kier molecular flexibility index (Phi) is 3.22. The molecule has 1 fully saturated rings. The first kappa shape index (κ1) is 13.1. The molecule has 2 atom stereocenters. The first-order chi connectivity index (χ1) is 9.58. The van der Waals surface area contributed by atoms with Crippen molar-refractivity contribution in [3.63, 3.8) is 0 Å². The number of hydrogen-bond donors (Lipinski definition) is 1. The van der Waals surface area contributed by atoms with Crippen LogP contribution in [0.3, 0.4) is 0 Å². The number of benzene rings is 1. The first-order valence-electron chi connectivity index (χ1n) is 6.88. The van der Waals surface area contributed by atoms with Crippen LogP contribution in [0.4, 0.5) is 0 Å². The van der Waals surface area contributed by atoms with Gasteiger partial charge in [-0.15, -0.1) is 0 Å². The molecule has 2 heterocycles. The van der Waals surface area contributed by atoms with Gasteiger partial charge in [-0.25, -0.2) is 0 Å². The van der Waals surface area contributed by atoms with E-state index in [0.29, 0.717) is 25.9 Å². The van der Waals surface area contributed by atoms with Crippen LogP contribution in [0.2, 0.25) is 0 Å². The molecular formula is C15H18N2O3. The molecule has 0 aromatic heterocycles.